The van der Waals surface area contributed by atoms with Crippen molar-refractivity contribution in [2.45, 2.75) is 25.3 Å². The highest BCUT2D eigenvalue weighted by Gasteiger charge is 2.41. The minimum Gasteiger partial charge on any atom is -0.356 e. The number of amides is 2. The highest BCUT2D eigenvalue weighted by molar-refractivity contribution is 5.93. The first-order valence-corrected chi connectivity index (χ1v) is 7.96. The molecule has 2 aromatic heterocycles. The SMILES string of the molecule is CN(C(=O)c1cc2ncccn2n1)[C@H]1C[C@H]2CC(=O)NC[C@H]2C1. The van der Waals surface area contributed by atoms with E-state index in [1.165, 1.54) is 0 Å². The molecule has 120 valence electrons. The van der Waals surface area contributed by atoms with Crippen LogP contribution in [0.25, 0.3) is 5.65 Å². The molecule has 2 amide bonds. The zero-order valence-electron chi connectivity index (χ0n) is 13.0. The van der Waals surface area contributed by atoms with Crippen LogP contribution in [0.5, 0.6) is 0 Å². The van der Waals surface area contributed by atoms with E-state index >= 15 is 0 Å². The van der Waals surface area contributed by atoms with Crippen LogP contribution in [0.2, 0.25) is 0 Å². The lowest BCUT2D eigenvalue weighted by Gasteiger charge is -2.24. The van der Waals surface area contributed by atoms with Gasteiger partial charge in [-0.3, -0.25) is 9.59 Å². The molecule has 1 saturated carbocycles. The fraction of sp³-hybridized carbons (Fsp3) is 0.500. The Balaban J connectivity index is 1.51. The lowest BCUT2D eigenvalue weighted by atomic mass is 9.89. The van der Waals surface area contributed by atoms with Crippen LogP contribution in [0.4, 0.5) is 0 Å². The molecule has 0 spiro atoms. The maximum absolute atomic E-state index is 12.7. The Hall–Kier alpha value is -2.44. The number of fused-ring (bicyclic) bond motifs is 2. The standard InChI is InChI=1S/C16H19N5O2/c1-20(12-5-10-7-15(22)18-9-11(10)6-12)16(23)13-8-14-17-3-2-4-21(14)19-13/h2-4,8,10-12H,5-7,9H2,1H3,(H,18,22)/t10-,11+,12-/m0/s1. The van der Waals surface area contributed by atoms with Gasteiger partial charge in [0, 0.05) is 44.5 Å². The molecule has 1 saturated heterocycles. The van der Waals surface area contributed by atoms with Gasteiger partial charge in [0.2, 0.25) is 5.91 Å². The molecule has 3 atom stereocenters. The predicted molar refractivity (Wildman–Crippen MR) is 82.7 cm³/mol. The summed E-state index contributed by atoms with van der Waals surface area (Å²) in [6.07, 6.45) is 5.88. The van der Waals surface area contributed by atoms with Crippen LogP contribution in [-0.2, 0) is 4.79 Å². The first-order valence-electron chi connectivity index (χ1n) is 7.96. The third-order valence-electron chi connectivity index (χ3n) is 5.15. The summed E-state index contributed by atoms with van der Waals surface area (Å²) in [6, 6.07) is 3.67. The minimum atomic E-state index is -0.0848. The molecular weight excluding hydrogens is 294 g/mol. The first kappa shape index (κ1) is 14.2. The van der Waals surface area contributed by atoms with Crippen LogP contribution < -0.4 is 5.32 Å². The molecule has 7 nitrogen and oxygen atoms in total. The molecule has 2 fully saturated rings. The van der Waals surface area contributed by atoms with Gasteiger partial charge in [-0.05, 0) is 30.7 Å². The third kappa shape index (κ3) is 2.46. The van der Waals surface area contributed by atoms with E-state index in [4.69, 9.17) is 0 Å². The molecular formula is C16H19N5O2. The molecule has 0 aromatic carbocycles. The second-order valence-electron chi connectivity index (χ2n) is 6.52. The van der Waals surface area contributed by atoms with Crippen LogP contribution in [0.15, 0.2) is 24.5 Å². The maximum atomic E-state index is 12.7. The molecule has 1 aliphatic heterocycles. The fourth-order valence-electron chi connectivity index (χ4n) is 3.83. The summed E-state index contributed by atoms with van der Waals surface area (Å²) in [5, 5.41) is 7.23. The zero-order valence-corrected chi connectivity index (χ0v) is 13.0. The van der Waals surface area contributed by atoms with Gasteiger partial charge in [0.05, 0.1) is 0 Å². The summed E-state index contributed by atoms with van der Waals surface area (Å²) >= 11 is 0. The van der Waals surface area contributed by atoms with E-state index in [0.717, 1.165) is 19.4 Å². The molecule has 1 aliphatic carbocycles. The molecule has 2 aromatic rings. The van der Waals surface area contributed by atoms with Crippen molar-refractivity contribution in [3.8, 4) is 0 Å². The maximum Gasteiger partial charge on any atom is 0.274 e. The molecule has 2 aliphatic rings. The fourth-order valence-corrected chi connectivity index (χ4v) is 3.83. The van der Waals surface area contributed by atoms with Crippen LogP contribution in [0.3, 0.4) is 0 Å². The molecule has 23 heavy (non-hydrogen) atoms. The predicted octanol–water partition coefficient (Wildman–Crippen LogP) is 0.716. The van der Waals surface area contributed by atoms with Crippen LogP contribution in [-0.4, -0.2) is 50.9 Å². The third-order valence-corrected chi connectivity index (χ3v) is 5.15. The van der Waals surface area contributed by atoms with Gasteiger partial charge in [-0.25, -0.2) is 9.50 Å². The zero-order chi connectivity index (χ0) is 16.0. The summed E-state index contributed by atoms with van der Waals surface area (Å²) in [5.41, 5.74) is 1.08. The van der Waals surface area contributed by atoms with Crippen molar-refractivity contribution in [1.29, 1.82) is 0 Å². The quantitative estimate of drug-likeness (QED) is 0.886. The van der Waals surface area contributed by atoms with Crippen molar-refractivity contribution in [2.24, 2.45) is 11.8 Å². The summed E-state index contributed by atoms with van der Waals surface area (Å²) < 4.78 is 1.61. The smallest absolute Gasteiger partial charge is 0.274 e. The average Bonchev–Trinajstić information content (AvgIpc) is 3.16. The topological polar surface area (TPSA) is 79.6 Å². The number of hydrogen-bond acceptors (Lipinski definition) is 4. The molecule has 0 radical (unpaired) electrons. The van der Waals surface area contributed by atoms with E-state index in [-0.39, 0.29) is 17.9 Å². The largest absolute Gasteiger partial charge is 0.356 e. The summed E-state index contributed by atoms with van der Waals surface area (Å²) in [6.45, 7) is 0.736. The van der Waals surface area contributed by atoms with Crippen molar-refractivity contribution >= 4 is 17.5 Å². The number of carbonyl (C=O) groups is 2. The molecule has 3 heterocycles. The average molecular weight is 313 g/mol. The lowest BCUT2D eigenvalue weighted by Crippen LogP contribution is -2.38. The summed E-state index contributed by atoms with van der Waals surface area (Å²) in [7, 11) is 1.83. The van der Waals surface area contributed by atoms with E-state index in [9.17, 15) is 9.59 Å². The Morgan fingerprint density at radius 2 is 2.22 bits per heavy atom. The number of rotatable bonds is 2. The van der Waals surface area contributed by atoms with Crippen molar-refractivity contribution < 1.29 is 9.59 Å². The molecule has 4 rings (SSSR count). The number of piperidine rings is 1. The Kier molecular flexibility index (Phi) is 3.28. The minimum absolute atomic E-state index is 0.0848. The van der Waals surface area contributed by atoms with Crippen LogP contribution >= 0.6 is 0 Å². The molecule has 1 N–H and O–H groups in total. The van der Waals surface area contributed by atoms with E-state index < -0.39 is 0 Å². The number of nitrogens with zero attached hydrogens (tertiary/aromatic N) is 4. The van der Waals surface area contributed by atoms with E-state index in [0.29, 0.717) is 29.6 Å². The molecule has 7 heteroatoms. The van der Waals surface area contributed by atoms with Gasteiger partial charge in [0.1, 0.15) is 0 Å². The van der Waals surface area contributed by atoms with Gasteiger partial charge in [0.25, 0.3) is 5.91 Å². The van der Waals surface area contributed by atoms with Gasteiger partial charge in [-0.15, -0.1) is 0 Å². The van der Waals surface area contributed by atoms with Crippen molar-refractivity contribution in [3.05, 3.63) is 30.2 Å². The van der Waals surface area contributed by atoms with Crippen LogP contribution in [0.1, 0.15) is 29.8 Å². The van der Waals surface area contributed by atoms with Crippen molar-refractivity contribution in [1.82, 2.24) is 24.8 Å². The van der Waals surface area contributed by atoms with Gasteiger partial charge in [-0.1, -0.05) is 0 Å². The van der Waals surface area contributed by atoms with Crippen LogP contribution in [0, 0.1) is 11.8 Å². The second kappa shape index (κ2) is 5.33. The normalized spacial score (nSPS) is 26.8. The molecule has 0 unspecified atom stereocenters. The van der Waals surface area contributed by atoms with Gasteiger partial charge < -0.3 is 10.2 Å². The van der Waals surface area contributed by atoms with Gasteiger partial charge >= 0.3 is 0 Å². The lowest BCUT2D eigenvalue weighted by molar-refractivity contribution is -0.124. The number of aromatic nitrogens is 3. The first-order chi connectivity index (χ1) is 11.1. The molecule has 0 bridgehead atoms. The van der Waals surface area contributed by atoms with E-state index in [2.05, 4.69) is 15.4 Å². The monoisotopic (exact) mass is 313 g/mol. The highest BCUT2D eigenvalue weighted by atomic mass is 16.2. The Labute approximate surface area is 133 Å². The van der Waals surface area contributed by atoms with E-state index in [1.54, 1.807) is 33.9 Å². The second-order valence-corrected chi connectivity index (χ2v) is 6.52. The van der Waals surface area contributed by atoms with E-state index in [1.807, 2.05) is 7.05 Å². The highest BCUT2D eigenvalue weighted by Crippen LogP contribution is 2.38. The summed E-state index contributed by atoms with van der Waals surface area (Å²) in [4.78, 5) is 30.2. The Morgan fingerprint density at radius 1 is 1.39 bits per heavy atom. The van der Waals surface area contributed by atoms with Crippen molar-refractivity contribution in [2.75, 3.05) is 13.6 Å². The van der Waals surface area contributed by atoms with Gasteiger partial charge in [0.15, 0.2) is 11.3 Å². The number of carbonyl (C=O) groups excluding carboxylic acids is 2. The number of nitrogens with one attached hydrogen (secondary N) is 1. The Morgan fingerprint density at radius 3 is 3.04 bits per heavy atom. The van der Waals surface area contributed by atoms with Gasteiger partial charge in [-0.2, -0.15) is 5.10 Å². The van der Waals surface area contributed by atoms with Crippen molar-refractivity contribution in [3.63, 3.8) is 0 Å². The Bertz CT molecular complexity index is 738. The summed E-state index contributed by atoms with van der Waals surface area (Å²) in [5.74, 6) is 0.924. The number of hydrogen-bond donors (Lipinski definition) is 1.